The van der Waals surface area contributed by atoms with Crippen molar-refractivity contribution in [3.8, 4) is 0 Å². The standard InChI is InChI=1S/C10H8F7NO/c11-8(12,9(13,14)10(15,16)17)6-19-18-7-4-2-1-3-5-7/h1-5,18H,6H2. The van der Waals surface area contributed by atoms with Crippen LogP contribution in [0.4, 0.5) is 36.4 Å². The number of rotatable bonds is 5. The maximum atomic E-state index is 12.8. The third-order valence-electron chi connectivity index (χ3n) is 2.03. The molecule has 0 aliphatic carbocycles. The molecule has 0 spiro atoms. The lowest BCUT2D eigenvalue weighted by Crippen LogP contribution is -2.54. The van der Waals surface area contributed by atoms with E-state index in [-0.39, 0.29) is 5.69 Å². The van der Waals surface area contributed by atoms with Gasteiger partial charge < -0.3 is 0 Å². The number of hydrogen-bond donors (Lipinski definition) is 1. The lowest BCUT2D eigenvalue weighted by atomic mass is 10.2. The van der Waals surface area contributed by atoms with Crippen LogP contribution in [0.2, 0.25) is 0 Å². The summed E-state index contributed by atoms with van der Waals surface area (Å²) in [5.41, 5.74) is 1.98. The molecule has 0 radical (unpaired) electrons. The average Bonchev–Trinajstić information content (AvgIpc) is 2.28. The Labute approximate surface area is 103 Å². The van der Waals surface area contributed by atoms with Gasteiger partial charge in [-0.3, -0.25) is 10.3 Å². The highest BCUT2D eigenvalue weighted by molar-refractivity contribution is 5.39. The molecule has 1 aromatic carbocycles. The molecule has 0 aromatic heterocycles. The molecule has 0 unspecified atom stereocenters. The van der Waals surface area contributed by atoms with Gasteiger partial charge >= 0.3 is 18.0 Å². The third kappa shape index (κ3) is 3.49. The molecule has 19 heavy (non-hydrogen) atoms. The molecule has 0 bridgehead atoms. The molecule has 0 aliphatic rings. The highest BCUT2D eigenvalue weighted by atomic mass is 19.4. The average molecular weight is 291 g/mol. The monoisotopic (exact) mass is 291 g/mol. The van der Waals surface area contributed by atoms with Crippen LogP contribution >= 0.6 is 0 Å². The van der Waals surface area contributed by atoms with Crippen molar-refractivity contribution in [1.29, 1.82) is 0 Å². The van der Waals surface area contributed by atoms with Gasteiger partial charge in [-0.1, -0.05) is 18.2 Å². The number of hydrogen-bond acceptors (Lipinski definition) is 2. The molecule has 0 saturated carbocycles. The van der Waals surface area contributed by atoms with Gasteiger partial charge in [0.25, 0.3) is 0 Å². The summed E-state index contributed by atoms with van der Waals surface area (Å²) in [6.45, 7) is -2.13. The first-order valence-corrected chi connectivity index (χ1v) is 4.83. The Bertz CT molecular complexity index is 404. The summed E-state index contributed by atoms with van der Waals surface area (Å²) < 4.78 is 85.8. The Balaban J connectivity index is 2.61. The van der Waals surface area contributed by atoms with E-state index in [0.717, 1.165) is 0 Å². The molecule has 108 valence electrons. The summed E-state index contributed by atoms with van der Waals surface area (Å²) in [6, 6.07) is 7.24. The fourth-order valence-corrected chi connectivity index (χ4v) is 1.01. The first-order chi connectivity index (χ1) is 8.58. The fourth-order valence-electron chi connectivity index (χ4n) is 1.01. The van der Waals surface area contributed by atoms with E-state index < -0.39 is 24.6 Å². The summed E-state index contributed by atoms with van der Waals surface area (Å²) in [4.78, 5) is 3.99. The van der Waals surface area contributed by atoms with Crippen LogP contribution in [0.25, 0.3) is 0 Å². The van der Waals surface area contributed by atoms with E-state index in [1.165, 1.54) is 24.3 Å². The summed E-state index contributed by atoms with van der Waals surface area (Å²) >= 11 is 0. The molecule has 1 N–H and O–H groups in total. The topological polar surface area (TPSA) is 21.3 Å². The van der Waals surface area contributed by atoms with Crippen molar-refractivity contribution in [3.63, 3.8) is 0 Å². The molecular formula is C10H8F7NO. The van der Waals surface area contributed by atoms with Crippen molar-refractivity contribution >= 4 is 5.69 Å². The van der Waals surface area contributed by atoms with E-state index in [0.29, 0.717) is 0 Å². The minimum absolute atomic E-state index is 0.133. The van der Waals surface area contributed by atoms with Gasteiger partial charge in [-0.25, -0.2) is 0 Å². The van der Waals surface area contributed by atoms with E-state index in [1.54, 1.807) is 6.07 Å². The molecule has 0 saturated heterocycles. The van der Waals surface area contributed by atoms with Crippen LogP contribution in [0.5, 0.6) is 0 Å². The van der Waals surface area contributed by atoms with Crippen LogP contribution < -0.4 is 5.48 Å². The highest BCUT2D eigenvalue weighted by Crippen LogP contribution is 2.46. The van der Waals surface area contributed by atoms with Crippen molar-refractivity contribution < 1.29 is 35.6 Å². The van der Waals surface area contributed by atoms with Crippen molar-refractivity contribution in [1.82, 2.24) is 0 Å². The second-order valence-corrected chi connectivity index (χ2v) is 3.53. The van der Waals surface area contributed by atoms with E-state index in [9.17, 15) is 30.7 Å². The molecule has 0 aliphatic heterocycles. The van der Waals surface area contributed by atoms with Gasteiger partial charge in [0.15, 0.2) is 0 Å². The largest absolute Gasteiger partial charge is 0.459 e. The van der Waals surface area contributed by atoms with Crippen LogP contribution in [-0.4, -0.2) is 24.6 Å². The van der Waals surface area contributed by atoms with E-state index in [4.69, 9.17) is 0 Å². The van der Waals surface area contributed by atoms with E-state index >= 15 is 0 Å². The van der Waals surface area contributed by atoms with Gasteiger partial charge in [0.2, 0.25) is 0 Å². The molecule has 1 rings (SSSR count). The zero-order valence-electron chi connectivity index (χ0n) is 9.15. The van der Waals surface area contributed by atoms with Crippen LogP contribution in [0, 0.1) is 0 Å². The normalized spacial score (nSPS) is 13.4. The molecule has 2 nitrogen and oxygen atoms in total. The van der Waals surface area contributed by atoms with Crippen LogP contribution in [0.1, 0.15) is 0 Å². The lowest BCUT2D eigenvalue weighted by molar-refractivity contribution is -0.360. The summed E-state index contributed by atoms with van der Waals surface area (Å²) in [7, 11) is 0. The number of halogens is 7. The zero-order chi connectivity index (χ0) is 14.7. The second-order valence-electron chi connectivity index (χ2n) is 3.53. The van der Waals surface area contributed by atoms with Gasteiger partial charge in [-0.05, 0) is 12.1 Å². The number of para-hydroxylation sites is 1. The van der Waals surface area contributed by atoms with Crippen LogP contribution in [0.3, 0.4) is 0 Å². The number of alkyl halides is 7. The summed E-state index contributed by atoms with van der Waals surface area (Å²) in [5, 5.41) is 0. The Morgan fingerprint density at radius 1 is 0.895 bits per heavy atom. The van der Waals surface area contributed by atoms with Gasteiger partial charge in [-0.2, -0.15) is 30.7 Å². The highest BCUT2D eigenvalue weighted by Gasteiger charge is 2.73. The van der Waals surface area contributed by atoms with Crippen LogP contribution in [-0.2, 0) is 4.84 Å². The lowest BCUT2D eigenvalue weighted by Gasteiger charge is -2.27. The first kappa shape index (κ1) is 15.5. The summed E-state index contributed by atoms with van der Waals surface area (Å²) in [6.07, 6.45) is -6.35. The van der Waals surface area contributed by atoms with Gasteiger partial charge in [0, 0.05) is 0 Å². The Hall–Kier alpha value is -1.51. The van der Waals surface area contributed by atoms with Crippen molar-refractivity contribution in [2.75, 3.05) is 12.1 Å². The predicted molar refractivity (Wildman–Crippen MR) is 52.0 cm³/mol. The fraction of sp³-hybridized carbons (Fsp3) is 0.400. The minimum atomic E-state index is -6.35. The maximum absolute atomic E-state index is 12.8. The molecule has 1 aromatic rings. The first-order valence-electron chi connectivity index (χ1n) is 4.83. The molecular weight excluding hydrogens is 283 g/mol. The smallest absolute Gasteiger partial charge is 0.270 e. The molecule has 0 fully saturated rings. The quantitative estimate of drug-likeness (QED) is 0.657. The number of benzene rings is 1. The Morgan fingerprint density at radius 2 is 1.42 bits per heavy atom. The van der Waals surface area contributed by atoms with Gasteiger partial charge in [0.05, 0.1) is 5.69 Å². The number of nitrogens with one attached hydrogen (secondary N) is 1. The minimum Gasteiger partial charge on any atom is -0.270 e. The maximum Gasteiger partial charge on any atom is 0.459 e. The van der Waals surface area contributed by atoms with E-state index in [2.05, 4.69) is 4.84 Å². The Morgan fingerprint density at radius 3 is 1.89 bits per heavy atom. The zero-order valence-corrected chi connectivity index (χ0v) is 9.15. The van der Waals surface area contributed by atoms with E-state index in [1.807, 2.05) is 5.48 Å². The second kappa shape index (κ2) is 5.24. The third-order valence-corrected chi connectivity index (χ3v) is 2.03. The predicted octanol–water partition coefficient (Wildman–Crippen LogP) is 3.86. The van der Waals surface area contributed by atoms with Crippen molar-refractivity contribution in [2.24, 2.45) is 0 Å². The SMILES string of the molecule is FC(F)(F)C(F)(F)C(F)(F)CONc1ccccc1. The van der Waals surface area contributed by atoms with Crippen molar-refractivity contribution in [2.45, 2.75) is 18.0 Å². The molecule has 0 amide bonds. The van der Waals surface area contributed by atoms with Crippen LogP contribution in [0.15, 0.2) is 30.3 Å². The molecule has 0 heterocycles. The van der Waals surface area contributed by atoms with Gasteiger partial charge in [-0.15, -0.1) is 0 Å². The van der Waals surface area contributed by atoms with Gasteiger partial charge in [0.1, 0.15) is 6.61 Å². The molecule has 9 heteroatoms. The summed E-state index contributed by atoms with van der Waals surface area (Å²) in [5.74, 6) is -11.6. The Kier molecular flexibility index (Phi) is 4.28. The molecule has 0 atom stereocenters. The van der Waals surface area contributed by atoms with Crippen molar-refractivity contribution in [3.05, 3.63) is 30.3 Å². The number of anilines is 1.